The quantitative estimate of drug-likeness (QED) is 0.817. The SMILES string of the molecule is N#Cc1ccc(NC(=O)N2C[C@@H]3CCCN[C@@H]3C2)cc1. The Morgan fingerprint density at radius 1 is 1.35 bits per heavy atom. The van der Waals surface area contributed by atoms with Gasteiger partial charge in [0, 0.05) is 24.8 Å². The third-order valence-corrected chi connectivity index (χ3v) is 4.15. The molecule has 104 valence electrons. The number of carbonyl (C=O) groups is 1. The molecule has 2 aliphatic rings. The van der Waals surface area contributed by atoms with Gasteiger partial charge in [-0.1, -0.05) is 0 Å². The van der Waals surface area contributed by atoms with E-state index in [9.17, 15) is 4.79 Å². The minimum Gasteiger partial charge on any atom is -0.323 e. The van der Waals surface area contributed by atoms with Crippen LogP contribution < -0.4 is 10.6 Å². The van der Waals surface area contributed by atoms with E-state index in [2.05, 4.69) is 16.7 Å². The molecular weight excluding hydrogens is 252 g/mol. The molecule has 0 unspecified atom stereocenters. The highest BCUT2D eigenvalue weighted by Gasteiger charge is 2.36. The molecule has 1 aromatic rings. The summed E-state index contributed by atoms with van der Waals surface area (Å²) in [5, 5.41) is 15.1. The molecule has 3 rings (SSSR count). The molecular formula is C15H18N4O. The van der Waals surface area contributed by atoms with Gasteiger partial charge in [0.1, 0.15) is 0 Å². The first kappa shape index (κ1) is 12.9. The molecule has 0 radical (unpaired) electrons. The molecule has 5 nitrogen and oxygen atoms in total. The average Bonchev–Trinajstić information content (AvgIpc) is 2.92. The van der Waals surface area contributed by atoms with Crippen LogP contribution in [0.25, 0.3) is 0 Å². The van der Waals surface area contributed by atoms with E-state index in [1.165, 1.54) is 12.8 Å². The number of nitriles is 1. The fourth-order valence-corrected chi connectivity index (χ4v) is 3.04. The summed E-state index contributed by atoms with van der Waals surface area (Å²) in [6, 6.07) is 9.41. The van der Waals surface area contributed by atoms with Crippen LogP contribution in [-0.2, 0) is 0 Å². The van der Waals surface area contributed by atoms with Gasteiger partial charge in [0.15, 0.2) is 0 Å². The summed E-state index contributed by atoms with van der Waals surface area (Å²) < 4.78 is 0. The van der Waals surface area contributed by atoms with Crippen LogP contribution >= 0.6 is 0 Å². The van der Waals surface area contributed by atoms with E-state index in [0.29, 0.717) is 17.5 Å². The molecule has 5 heteroatoms. The van der Waals surface area contributed by atoms with Crippen LogP contribution in [0, 0.1) is 17.2 Å². The number of amides is 2. The van der Waals surface area contributed by atoms with Gasteiger partial charge >= 0.3 is 6.03 Å². The van der Waals surface area contributed by atoms with Crippen molar-refractivity contribution < 1.29 is 4.79 Å². The lowest BCUT2D eigenvalue weighted by Gasteiger charge is -2.24. The molecule has 0 saturated carbocycles. The van der Waals surface area contributed by atoms with E-state index < -0.39 is 0 Å². The first-order valence-electron chi connectivity index (χ1n) is 7.06. The summed E-state index contributed by atoms with van der Waals surface area (Å²) in [6.45, 7) is 2.68. The lowest BCUT2D eigenvalue weighted by molar-refractivity contribution is 0.220. The van der Waals surface area contributed by atoms with Crippen LogP contribution in [0.2, 0.25) is 0 Å². The third-order valence-electron chi connectivity index (χ3n) is 4.15. The van der Waals surface area contributed by atoms with Crippen molar-refractivity contribution >= 4 is 11.7 Å². The molecule has 2 fully saturated rings. The second-order valence-electron chi connectivity index (χ2n) is 5.49. The van der Waals surface area contributed by atoms with Crippen LogP contribution in [-0.4, -0.2) is 36.6 Å². The Morgan fingerprint density at radius 3 is 2.85 bits per heavy atom. The second-order valence-corrected chi connectivity index (χ2v) is 5.49. The summed E-state index contributed by atoms with van der Waals surface area (Å²) in [4.78, 5) is 14.1. The van der Waals surface area contributed by atoms with Gasteiger partial charge < -0.3 is 15.5 Å². The van der Waals surface area contributed by atoms with Gasteiger partial charge in [0.2, 0.25) is 0 Å². The molecule has 2 heterocycles. The number of hydrogen-bond acceptors (Lipinski definition) is 3. The first-order valence-corrected chi connectivity index (χ1v) is 7.06. The number of carbonyl (C=O) groups excluding carboxylic acids is 1. The first-order chi connectivity index (χ1) is 9.76. The Kier molecular flexibility index (Phi) is 3.57. The molecule has 2 aliphatic heterocycles. The highest BCUT2D eigenvalue weighted by atomic mass is 16.2. The van der Waals surface area contributed by atoms with Crippen LogP contribution in [0.4, 0.5) is 10.5 Å². The second kappa shape index (κ2) is 5.51. The largest absolute Gasteiger partial charge is 0.323 e. The maximum atomic E-state index is 12.2. The number of urea groups is 1. The predicted octanol–water partition coefficient (Wildman–Crippen LogP) is 1.77. The number of rotatable bonds is 1. The van der Waals surface area contributed by atoms with Gasteiger partial charge in [-0.3, -0.25) is 0 Å². The van der Waals surface area contributed by atoms with Crippen molar-refractivity contribution in [3.63, 3.8) is 0 Å². The van der Waals surface area contributed by atoms with Crippen molar-refractivity contribution in [1.29, 1.82) is 5.26 Å². The molecule has 2 amide bonds. The van der Waals surface area contributed by atoms with Gasteiger partial charge in [-0.2, -0.15) is 5.26 Å². The fourth-order valence-electron chi connectivity index (χ4n) is 3.04. The van der Waals surface area contributed by atoms with Crippen molar-refractivity contribution in [3.05, 3.63) is 29.8 Å². The highest BCUT2D eigenvalue weighted by molar-refractivity contribution is 5.89. The van der Waals surface area contributed by atoms with Crippen LogP contribution in [0.5, 0.6) is 0 Å². The number of anilines is 1. The predicted molar refractivity (Wildman–Crippen MR) is 76.3 cm³/mol. The Morgan fingerprint density at radius 2 is 2.15 bits per heavy atom. The smallest absolute Gasteiger partial charge is 0.321 e. The zero-order chi connectivity index (χ0) is 13.9. The van der Waals surface area contributed by atoms with E-state index in [1.54, 1.807) is 24.3 Å². The number of hydrogen-bond donors (Lipinski definition) is 2. The average molecular weight is 270 g/mol. The Balaban J connectivity index is 1.60. The zero-order valence-electron chi connectivity index (χ0n) is 11.3. The number of benzene rings is 1. The molecule has 2 atom stereocenters. The van der Waals surface area contributed by atoms with Gasteiger partial charge in [0.05, 0.1) is 11.6 Å². The molecule has 0 aliphatic carbocycles. The van der Waals surface area contributed by atoms with E-state index in [-0.39, 0.29) is 6.03 Å². The summed E-state index contributed by atoms with van der Waals surface area (Å²) in [6.07, 6.45) is 2.41. The van der Waals surface area contributed by atoms with Crippen LogP contribution in [0.1, 0.15) is 18.4 Å². The van der Waals surface area contributed by atoms with Crippen molar-refractivity contribution in [3.8, 4) is 6.07 Å². The van der Waals surface area contributed by atoms with E-state index in [4.69, 9.17) is 5.26 Å². The van der Waals surface area contributed by atoms with E-state index in [0.717, 1.165) is 25.3 Å². The number of nitrogens with one attached hydrogen (secondary N) is 2. The molecule has 2 N–H and O–H groups in total. The maximum absolute atomic E-state index is 12.2. The minimum absolute atomic E-state index is 0.0501. The topological polar surface area (TPSA) is 68.2 Å². The summed E-state index contributed by atoms with van der Waals surface area (Å²) >= 11 is 0. The van der Waals surface area contributed by atoms with Crippen molar-refractivity contribution in [2.24, 2.45) is 5.92 Å². The minimum atomic E-state index is -0.0501. The van der Waals surface area contributed by atoms with Gasteiger partial charge in [-0.15, -0.1) is 0 Å². The zero-order valence-corrected chi connectivity index (χ0v) is 11.3. The van der Waals surface area contributed by atoms with Gasteiger partial charge in [-0.05, 0) is 49.6 Å². The monoisotopic (exact) mass is 270 g/mol. The van der Waals surface area contributed by atoms with Crippen LogP contribution in [0.3, 0.4) is 0 Å². The lowest BCUT2D eigenvalue weighted by atomic mass is 9.94. The third kappa shape index (κ3) is 2.61. The van der Waals surface area contributed by atoms with Gasteiger partial charge in [-0.25, -0.2) is 4.79 Å². The normalized spacial score (nSPS) is 24.9. The highest BCUT2D eigenvalue weighted by Crippen LogP contribution is 2.25. The van der Waals surface area contributed by atoms with Gasteiger partial charge in [0.25, 0.3) is 0 Å². The Hall–Kier alpha value is -2.06. The Labute approximate surface area is 118 Å². The number of fused-ring (bicyclic) bond motifs is 1. The van der Waals surface area contributed by atoms with E-state index >= 15 is 0 Å². The van der Waals surface area contributed by atoms with E-state index in [1.807, 2.05) is 4.90 Å². The Bertz CT molecular complexity index is 520. The fraction of sp³-hybridized carbons (Fsp3) is 0.467. The molecule has 0 aromatic heterocycles. The molecule has 0 spiro atoms. The van der Waals surface area contributed by atoms with Crippen molar-refractivity contribution in [1.82, 2.24) is 10.2 Å². The number of nitrogens with zero attached hydrogens (tertiary/aromatic N) is 2. The number of likely N-dealkylation sites (tertiary alicyclic amines) is 1. The maximum Gasteiger partial charge on any atom is 0.321 e. The van der Waals surface area contributed by atoms with Crippen LogP contribution in [0.15, 0.2) is 24.3 Å². The lowest BCUT2D eigenvalue weighted by Crippen LogP contribution is -2.41. The van der Waals surface area contributed by atoms with Crippen molar-refractivity contribution in [2.45, 2.75) is 18.9 Å². The summed E-state index contributed by atoms with van der Waals surface area (Å²) in [7, 11) is 0. The number of piperidine rings is 1. The van der Waals surface area contributed by atoms with Crippen molar-refractivity contribution in [2.75, 3.05) is 25.0 Å². The summed E-state index contributed by atoms with van der Waals surface area (Å²) in [5.41, 5.74) is 1.33. The molecule has 1 aromatic carbocycles. The molecule has 2 saturated heterocycles. The molecule has 0 bridgehead atoms. The standard InChI is InChI=1S/C15H18N4O/c16-8-11-3-5-13(6-4-11)18-15(20)19-9-12-2-1-7-17-14(12)10-19/h3-6,12,14,17H,1-2,7,9-10H2,(H,18,20)/t12-,14+/m0/s1. The summed E-state index contributed by atoms with van der Waals surface area (Å²) in [5.74, 6) is 0.593. The molecule has 20 heavy (non-hydrogen) atoms.